The van der Waals surface area contributed by atoms with Crippen molar-refractivity contribution in [1.82, 2.24) is 10.3 Å². The first-order chi connectivity index (χ1) is 9.15. The molecule has 19 heavy (non-hydrogen) atoms. The summed E-state index contributed by atoms with van der Waals surface area (Å²) in [6.07, 6.45) is 2.39. The van der Waals surface area contributed by atoms with Crippen LogP contribution in [0.5, 0.6) is 0 Å². The van der Waals surface area contributed by atoms with Crippen molar-refractivity contribution in [2.45, 2.75) is 45.7 Å². The van der Waals surface area contributed by atoms with Crippen LogP contribution >= 0.6 is 11.3 Å². The molecule has 0 spiro atoms. The zero-order valence-electron chi connectivity index (χ0n) is 11.7. The number of aryl methyl sites for hydroxylation is 3. The number of hydrogen-bond acceptors (Lipinski definition) is 3. The van der Waals surface area contributed by atoms with Crippen molar-refractivity contribution in [2.75, 3.05) is 0 Å². The molecular weight excluding hydrogens is 252 g/mol. The second-order valence-electron chi connectivity index (χ2n) is 5.35. The summed E-state index contributed by atoms with van der Waals surface area (Å²) in [6, 6.07) is 9.58. The van der Waals surface area contributed by atoms with Crippen molar-refractivity contribution in [3.05, 3.63) is 51.0 Å². The Morgan fingerprint density at radius 3 is 2.84 bits per heavy atom. The second kappa shape index (κ2) is 5.06. The van der Waals surface area contributed by atoms with Gasteiger partial charge in [-0.2, -0.15) is 0 Å². The van der Waals surface area contributed by atoms with Gasteiger partial charge in [-0.25, -0.2) is 4.98 Å². The van der Waals surface area contributed by atoms with E-state index in [2.05, 4.69) is 55.3 Å². The summed E-state index contributed by atoms with van der Waals surface area (Å²) in [5, 5.41) is 4.91. The fourth-order valence-electron chi connectivity index (χ4n) is 3.06. The first kappa shape index (κ1) is 12.8. The number of nitrogens with one attached hydrogen (secondary N) is 1. The standard InChI is InChI=1S/C16H20N2S/c1-10(16-11(2)19-12(3)18-16)17-15-9-8-13-6-4-5-7-14(13)15/h4-7,10,15,17H,8-9H2,1-3H3. The molecule has 0 bridgehead atoms. The molecule has 1 heterocycles. The molecular formula is C16H20N2S. The number of aromatic nitrogens is 1. The van der Waals surface area contributed by atoms with E-state index in [0.29, 0.717) is 12.1 Å². The molecule has 0 fully saturated rings. The summed E-state index contributed by atoms with van der Waals surface area (Å²) < 4.78 is 0. The van der Waals surface area contributed by atoms with E-state index >= 15 is 0 Å². The molecule has 3 heteroatoms. The van der Waals surface area contributed by atoms with Crippen molar-refractivity contribution >= 4 is 11.3 Å². The highest BCUT2D eigenvalue weighted by Crippen LogP contribution is 2.33. The predicted molar refractivity (Wildman–Crippen MR) is 80.6 cm³/mol. The van der Waals surface area contributed by atoms with Crippen molar-refractivity contribution in [2.24, 2.45) is 0 Å². The van der Waals surface area contributed by atoms with Crippen molar-refractivity contribution in [1.29, 1.82) is 0 Å². The van der Waals surface area contributed by atoms with Gasteiger partial charge in [0.25, 0.3) is 0 Å². The Labute approximate surface area is 118 Å². The number of thiazole rings is 1. The Morgan fingerprint density at radius 2 is 2.11 bits per heavy atom. The van der Waals surface area contributed by atoms with Gasteiger partial charge in [-0.05, 0) is 44.7 Å². The molecule has 1 aromatic heterocycles. The van der Waals surface area contributed by atoms with E-state index in [9.17, 15) is 0 Å². The van der Waals surface area contributed by atoms with Gasteiger partial charge in [-0.3, -0.25) is 0 Å². The van der Waals surface area contributed by atoms with E-state index in [0.717, 1.165) is 5.01 Å². The van der Waals surface area contributed by atoms with E-state index < -0.39 is 0 Å². The lowest BCUT2D eigenvalue weighted by Gasteiger charge is -2.19. The van der Waals surface area contributed by atoms with Crippen molar-refractivity contribution < 1.29 is 0 Å². The van der Waals surface area contributed by atoms with Gasteiger partial charge in [-0.1, -0.05) is 24.3 Å². The molecule has 1 N–H and O–H groups in total. The zero-order chi connectivity index (χ0) is 13.4. The summed E-state index contributed by atoms with van der Waals surface area (Å²) in [6.45, 7) is 6.47. The third-order valence-electron chi connectivity index (χ3n) is 3.93. The molecule has 0 saturated carbocycles. The Kier molecular flexibility index (Phi) is 3.42. The molecule has 2 nitrogen and oxygen atoms in total. The third-order valence-corrected chi connectivity index (χ3v) is 4.84. The number of rotatable bonds is 3. The average molecular weight is 272 g/mol. The summed E-state index contributed by atoms with van der Waals surface area (Å²) in [5.41, 5.74) is 4.18. The highest BCUT2D eigenvalue weighted by molar-refractivity contribution is 7.11. The summed E-state index contributed by atoms with van der Waals surface area (Å²) >= 11 is 1.79. The first-order valence-electron chi connectivity index (χ1n) is 6.93. The molecule has 1 aromatic carbocycles. The molecule has 0 saturated heterocycles. The van der Waals surface area contributed by atoms with Crippen LogP contribution < -0.4 is 5.32 Å². The number of benzene rings is 1. The quantitative estimate of drug-likeness (QED) is 0.910. The number of fused-ring (bicyclic) bond motifs is 1. The molecule has 0 aliphatic heterocycles. The molecule has 2 unspecified atom stereocenters. The van der Waals surface area contributed by atoms with E-state index in [1.54, 1.807) is 11.3 Å². The minimum atomic E-state index is 0.320. The molecule has 2 aromatic rings. The van der Waals surface area contributed by atoms with Crippen molar-refractivity contribution in [3.8, 4) is 0 Å². The lowest BCUT2D eigenvalue weighted by atomic mass is 10.1. The van der Waals surface area contributed by atoms with Gasteiger partial charge in [0, 0.05) is 17.0 Å². The Bertz CT molecular complexity index is 588. The van der Waals surface area contributed by atoms with Gasteiger partial charge in [0.1, 0.15) is 0 Å². The molecule has 0 radical (unpaired) electrons. The maximum absolute atomic E-state index is 4.66. The van der Waals surface area contributed by atoms with Gasteiger partial charge >= 0.3 is 0 Å². The molecule has 1 aliphatic rings. The summed E-state index contributed by atoms with van der Waals surface area (Å²) in [5.74, 6) is 0. The minimum Gasteiger partial charge on any atom is -0.302 e. The van der Waals surface area contributed by atoms with Crippen LogP contribution in [0.25, 0.3) is 0 Å². The largest absolute Gasteiger partial charge is 0.302 e. The lowest BCUT2D eigenvalue weighted by Crippen LogP contribution is -2.23. The van der Waals surface area contributed by atoms with Crippen LogP contribution in [-0.4, -0.2) is 4.98 Å². The highest BCUT2D eigenvalue weighted by Gasteiger charge is 2.24. The average Bonchev–Trinajstić information content (AvgIpc) is 2.94. The normalized spacial score (nSPS) is 19.4. The second-order valence-corrected chi connectivity index (χ2v) is 6.76. The van der Waals surface area contributed by atoms with E-state index in [1.807, 2.05) is 0 Å². The van der Waals surface area contributed by atoms with Crippen LogP contribution in [0.3, 0.4) is 0 Å². The SMILES string of the molecule is Cc1nc(C(C)NC2CCc3ccccc32)c(C)s1. The topological polar surface area (TPSA) is 24.9 Å². The van der Waals surface area contributed by atoms with Crippen LogP contribution in [0.4, 0.5) is 0 Å². The zero-order valence-corrected chi connectivity index (χ0v) is 12.6. The third kappa shape index (κ3) is 2.45. The smallest absolute Gasteiger partial charge is 0.0900 e. The predicted octanol–water partition coefficient (Wildman–Crippen LogP) is 4.10. The van der Waals surface area contributed by atoms with Gasteiger partial charge in [0.05, 0.1) is 10.7 Å². The van der Waals surface area contributed by atoms with Gasteiger partial charge in [0.2, 0.25) is 0 Å². The van der Waals surface area contributed by atoms with Gasteiger partial charge in [-0.15, -0.1) is 11.3 Å². The monoisotopic (exact) mass is 272 g/mol. The molecule has 0 amide bonds. The fourth-order valence-corrected chi connectivity index (χ4v) is 3.97. The van der Waals surface area contributed by atoms with E-state index in [-0.39, 0.29) is 0 Å². The summed E-state index contributed by atoms with van der Waals surface area (Å²) in [7, 11) is 0. The van der Waals surface area contributed by atoms with Gasteiger partial charge in [0.15, 0.2) is 0 Å². The fraction of sp³-hybridized carbons (Fsp3) is 0.438. The van der Waals surface area contributed by atoms with Crippen molar-refractivity contribution in [3.63, 3.8) is 0 Å². The Hall–Kier alpha value is -1.19. The van der Waals surface area contributed by atoms with Crippen LogP contribution in [0.15, 0.2) is 24.3 Å². The number of nitrogens with zero attached hydrogens (tertiary/aromatic N) is 1. The maximum atomic E-state index is 4.66. The van der Waals surface area contributed by atoms with Crippen LogP contribution in [0.1, 0.15) is 52.1 Å². The van der Waals surface area contributed by atoms with E-state index in [4.69, 9.17) is 0 Å². The maximum Gasteiger partial charge on any atom is 0.0900 e. The first-order valence-corrected chi connectivity index (χ1v) is 7.74. The Balaban J connectivity index is 1.78. The van der Waals surface area contributed by atoms with Crippen LogP contribution in [0, 0.1) is 13.8 Å². The van der Waals surface area contributed by atoms with Crippen LogP contribution in [0.2, 0.25) is 0 Å². The summed E-state index contributed by atoms with van der Waals surface area (Å²) in [4.78, 5) is 6.00. The van der Waals surface area contributed by atoms with E-state index in [1.165, 1.54) is 34.5 Å². The Morgan fingerprint density at radius 1 is 1.32 bits per heavy atom. The molecule has 3 rings (SSSR count). The minimum absolute atomic E-state index is 0.320. The molecule has 2 atom stereocenters. The molecule has 100 valence electrons. The molecule has 1 aliphatic carbocycles. The lowest BCUT2D eigenvalue weighted by molar-refractivity contribution is 0.458. The van der Waals surface area contributed by atoms with Gasteiger partial charge < -0.3 is 5.32 Å². The van der Waals surface area contributed by atoms with Crippen LogP contribution in [-0.2, 0) is 6.42 Å². The highest BCUT2D eigenvalue weighted by atomic mass is 32.1. The number of hydrogen-bond donors (Lipinski definition) is 1.